The van der Waals surface area contributed by atoms with Gasteiger partial charge in [-0.3, -0.25) is 4.98 Å². The van der Waals surface area contributed by atoms with Gasteiger partial charge in [-0.2, -0.15) is 0 Å². The highest BCUT2D eigenvalue weighted by Crippen LogP contribution is 2.49. The molecule has 0 aliphatic heterocycles. The van der Waals surface area contributed by atoms with Gasteiger partial charge in [0.1, 0.15) is 0 Å². The van der Waals surface area contributed by atoms with Gasteiger partial charge < -0.3 is 5.11 Å². The van der Waals surface area contributed by atoms with E-state index >= 15 is 0 Å². The van der Waals surface area contributed by atoms with Crippen molar-refractivity contribution in [3.05, 3.63) is 42.2 Å². The zero-order valence-corrected chi connectivity index (χ0v) is 13.2. The number of nitrogens with zero attached hydrogens (tertiary/aromatic N) is 1. The first-order valence-electron chi connectivity index (χ1n) is 8.01. The fraction of sp³-hybridized carbons (Fsp3) is 0.526. The van der Waals surface area contributed by atoms with E-state index in [0.29, 0.717) is 11.8 Å². The predicted octanol–water partition coefficient (Wildman–Crippen LogP) is 4.73. The maximum atomic E-state index is 11.0. The molecule has 1 saturated carbocycles. The lowest BCUT2D eigenvalue weighted by Gasteiger charge is -2.45. The van der Waals surface area contributed by atoms with E-state index in [2.05, 4.69) is 44.0 Å². The summed E-state index contributed by atoms with van der Waals surface area (Å²) in [5, 5.41) is 13.3. The Labute approximate surface area is 127 Å². The zero-order valence-electron chi connectivity index (χ0n) is 13.2. The lowest BCUT2D eigenvalue weighted by atomic mass is 9.61. The number of aliphatic hydroxyl groups excluding tert-OH is 1. The van der Waals surface area contributed by atoms with Crippen molar-refractivity contribution in [2.75, 3.05) is 0 Å². The molecule has 1 fully saturated rings. The number of aliphatic hydroxyl groups is 1. The molecule has 1 aromatic carbocycles. The highest BCUT2D eigenvalue weighted by atomic mass is 16.3. The second kappa shape index (κ2) is 5.42. The smallest absolute Gasteiger partial charge is 0.0826 e. The molecule has 2 heteroatoms. The van der Waals surface area contributed by atoms with Crippen molar-refractivity contribution >= 4 is 10.8 Å². The standard InChI is InChI=1S/C19H25NO/c1-13-5-4-9-19(2,3)17(13)18(21)15-6-7-16-12-20-10-8-14(16)11-15/h6-8,10-13,17-18,21H,4-5,9H2,1-3H3/t13-,17+,18?/m0/s1. The summed E-state index contributed by atoms with van der Waals surface area (Å²) in [6, 6.07) is 8.27. The zero-order chi connectivity index (χ0) is 15.0. The summed E-state index contributed by atoms with van der Waals surface area (Å²) in [6.45, 7) is 6.91. The van der Waals surface area contributed by atoms with Gasteiger partial charge in [-0.15, -0.1) is 0 Å². The lowest BCUT2D eigenvalue weighted by Crippen LogP contribution is -2.37. The van der Waals surface area contributed by atoms with Crippen molar-refractivity contribution in [2.45, 2.75) is 46.1 Å². The SMILES string of the molecule is C[C@H]1CCCC(C)(C)[C@H]1C(O)c1ccc2cnccc2c1. The number of pyridine rings is 1. The Morgan fingerprint density at radius 3 is 2.81 bits per heavy atom. The van der Waals surface area contributed by atoms with Crippen molar-refractivity contribution in [1.29, 1.82) is 0 Å². The molecule has 1 unspecified atom stereocenters. The van der Waals surface area contributed by atoms with Gasteiger partial charge in [0.2, 0.25) is 0 Å². The van der Waals surface area contributed by atoms with E-state index in [4.69, 9.17) is 0 Å². The Hall–Kier alpha value is -1.41. The molecule has 1 N–H and O–H groups in total. The van der Waals surface area contributed by atoms with Crippen LogP contribution in [0.15, 0.2) is 36.7 Å². The van der Waals surface area contributed by atoms with Crippen LogP contribution in [0, 0.1) is 17.3 Å². The molecule has 1 aliphatic rings. The molecule has 1 aliphatic carbocycles. The van der Waals surface area contributed by atoms with E-state index in [1.807, 2.05) is 18.5 Å². The number of hydrogen-bond donors (Lipinski definition) is 1. The molecule has 2 nitrogen and oxygen atoms in total. The molecule has 0 spiro atoms. The van der Waals surface area contributed by atoms with Crippen molar-refractivity contribution < 1.29 is 5.11 Å². The summed E-state index contributed by atoms with van der Waals surface area (Å²) >= 11 is 0. The van der Waals surface area contributed by atoms with Crippen LogP contribution >= 0.6 is 0 Å². The molecule has 112 valence electrons. The Bertz CT molecular complexity index is 634. The third-order valence-corrected chi connectivity index (χ3v) is 5.34. The number of benzene rings is 1. The molecule has 1 heterocycles. The molecule has 0 radical (unpaired) electrons. The van der Waals surface area contributed by atoms with Crippen molar-refractivity contribution in [2.24, 2.45) is 17.3 Å². The van der Waals surface area contributed by atoms with Crippen molar-refractivity contribution in [3.63, 3.8) is 0 Å². The lowest BCUT2D eigenvalue weighted by molar-refractivity contribution is -0.0292. The van der Waals surface area contributed by atoms with Gasteiger partial charge in [-0.25, -0.2) is 0 Å². The first-order valence-corrected chi connectivity index (χ1v) is 8.01. The summed E-state index contributed by atoms with van der Waals surface area (Å²) < 4.78 is 0. The first kappa shape index (κ1) is 14.5. The normalized spacial score (nSPS) is 26.7. The summed E-state index contributed by atoms with van der Waals surface area (Å²) in [6.07, 6.45) is 7.01. The fourth-order valence-electron chi connectivity index (χ4n) is 4.23. The Morgan fingerprint density at radius 2 is 2.05 bits per heavy atom. The second-order valence-electron chi connectivity index (χ2n) is 7.31. The number of hydrogen-bond acceptors (Lipinski definition) is 2. The van der Waals surface area contributed by atoms with E-state index in [-0.39, 0.29) is 11.5 Å². The average Bonchev–Trinajstić information content (AvgIpc) is 2.45. The average molecular weight is 283 g/mol. The number of aromatic nitrogens is 1. The van der Waals surface area contributed by atoms with Gasteiger partial charge in [-0.05, 0) is 46.8 Å². The predicted molar refractivity (Wildman–Crippen MR) is 87.0 cm³/mol. The molecule has 2 aromatic rings. The first-order chi connectivity index (χ1) is 9.99. The maximum Gasteiger partial charge on any atom is 0.0826 e. The van der Waals surface area contributed by atoms with Gasteiger partial charge in [-0.1, -0.05) is 45.7 Å². The summed E-state index contributed by atoms with van der Waals surface area (Å²) in [5.41, 5.74) is 1.24. The van der Waals surface area contributed by atoms with Gasteiger partial charge in [0.05, 0.1) is 6.10 Å². The Morgan fingerprint density at radius 1 is 1.24 bits per heavy atom. The molecule has 0 saturated heterocycles. The molecular weight excluding hydrogens is 258 g/mol. The highest BCUT2D eigenvalue weighted by molar-refractivity contribution is 5.82. The molecule has 0 bridgehead atoms. The minimum Gasteiger partial charge on any atom is -0.388 e. The van der Waals surface area contributed by atoms with Crippen LogP contribution in [0.1, 0.15) is 51.7 Å². The summed E-state index contributed by atoms with van der Waals surface area (Å²) in [7, 11) is 0. The summed E-state index contributed by atoms with van der Waals surface area (Å²) in [4.78, 5) is 4.15. The van der Waals surface area contributed by atoms with Gasteiger partial charge in [0.15, 0.2) is 0 Å². The van der Waals surface area contributed by atoms with Crippen LogP contribution in [-0.4, -0.2) is 10.1 Å². The van der Waals surface area contributed by atoms with Crippen LogP contribution in [0.2, 0.25) is 0 Å². The fourth-order valence-corrected chi connectivity index (χ4v) is 4.23. The topological polar surface area (TPSA) is 33.1 Å². The van der Waals surface area contributed by atoms with Gasteiger partial charge in [0, 0.05) is 17.8 Å². The molecule has 1 aromatic heterocycles. The highest BCUT2D eigenvalue weighted by Gasteiger charge is 2.41. The van der Waals surface area contributed by atoms with Crippen molar-refractivity contribution in [1.82, 2.24) is 4.98 Å². The van der Waals surface area contributed by atoms with E-state index in [1.165, 1.54) is 19.3 Å². The van der Waals surface area contributed by atoms with Crippen LogP contribution in [0.5, 0.6) is 0 Å². The third kappa shape index (κ3) is 2.69. The van der Waals surface area contributed by atoms with Crippen molar-refractivity contribution in [3.8, 4) is 0 Å². The van der Waals surface area contributed by atoms with Crippen LogP contribution in [0.3, 0.4) is 0 Å². The number of fused-ring (bicyclic) bond motifs is 1. The number of rotatable bonds is 2. The van der Waals surface area contributed by atoms with Crippen LogP contribution in [0.25, 0.3) is 10.8 Å². The van der Waals surface area contributed by atoms with Crippen LogP contribution in [-0.2, 0) is 0 Å². The molecule has 0 amide bonds. The second-order valence-corrected chi connectivity index (χ2v) is 7.31. The Kier molecular flexibility index (Phi) is 3.75. The third-order valence-electron chi connectivity index (χ3n) is 5.34. The minimum atomic E-state index is -0.382. The van der Waals surface area contributed by atoms with Crippen LogP contribution < -0.4 is 0 Å². The van der Waals surface area contributed by atoms with Crippen LogP contribution in [0.4, 0.5) is 0 Å². The van der Waals surface area contributed by atoms with E-state index in [9.17, 15) is 5.11 Å². The molecule has 3 rings (SSSR count). The summed E-state index contributed by atoms with van der Waals surface area (Å²) in [5.74, 6) is 0.891. The van der Waals surface area contributed by atoms with Gasteiger partial charge in [0.25, 0.3) is 0 Å². The van der Waals surface area contributed by atoms with E-state index in [1.54, 1.807) is 0 Å². The van der Waals surface area contributed by atoms with Gasteiger partial charge >= 0.3 is 0 Å². The minimum absolute atomic E-state index is 0.199. The molecular formula is C19H25NO. The van der Waals surface area contributed by atoms with E-state index < -0.39 is 0 Å². The maximum absolute atomic E-state index is 11.0. The molecule has 21 heavy (non-hydrogen) atoms. The Balaban J connectivity index is 1.96. The monoisotopic (exact) mass is 283 g/mol. The quantitative estimate of drug-likeness (QED) is 0.864. The molecule has 3 atom stereocenters. The largest absolute Gasteiger partial charge is 0.388 e. The van der Waals surface area contributed by atoms with E-state index in [0.717, 1.165) is 16.3 Å².